The number of hydrogen-bond acceptors (Lipinski definition) is 3. The third kappa shape index (κ3) is 3.40. The number of halogens is 1. The Kier molecular flexibility index (Phi) is 4.75. The molecule has 0 aliphatic heterocycles. The van der Waals surface area contributed by atoms with Gasteiger partial charge < -0.3 is 10.4 Å². The molecule has 1 unspecified atom stereocenters. The van der Waals surface area contributed by atoms with Crippen molar-refractivity contribution in [2.45, 2.75) is 33.2 Å². The molecule has 2 rings (SSSR count). The van der Waals surface area contributed by atoms with Crippen molar-refractivity contribution in [1.82, 2.24) is 10.3 Å². The summed E-state index contributed by atoms with van der Waals surface area (Å²) in [5.74, 6) is -0.530. The fraction of sp³-hybridized carbons (Fsp3) is 0.533. The van der Waals surface area contributed by atoms with Gasteiger partial charge in [-0.05, 0) is 36.8 Å². The molecule has 3 atom stereocenters. The number of pyridine rings is 1. The number of nitrogens with zero attached hydrogens (tertiary/aromatic N) is 1. The van der Waals surface area contributed by atoms with E-state index in [1.807, 2.05) is 20.8 Å². The predicted molar refractivity (Wildman–Crippen MR) is 86.6 cm³/mol. The van der Waals surface area contributed by atoms with E-state index in [1.165, 1.54) is 0 Å². The Labute approximate surface area is 137 Å². The second kappa shape index (κ2) is 6.24. The zero-order valence-corrected chi connectivity index (χ0v) is 14.3. The summed E-state index contributed by atoms with van der Waals surface area (Å²) in [4.78, 5) is 27.2. The Hall–Kier alpha value is -1.63. The van der Waals surface area contributed by atoms with Crippen LogP contribution in [0.3, 0.4) is 0 Å². The van der Waals surface area contributed by atoms with E-state index in [2.05, 4.69) is 31.5 Å². The van der Waals surface area contributed by atoms with Gasteiger partial charge >= 0.3 is 12.0 Å². The highest BCUT2D eigenvalue weighted by Crippen LogP contribution is 2.52. The van der Waals surface area contributed by atoms with E-state index in [0.717, 1.165) is 4.47 Å². The van der Waals surface area contributed by atoms with Gasteiger partial charge in [0.15, 0.2) is 0 Å². The number of carbonyl (C=O) groups excluding carboxylic acids is 1. The van der Waals surface area contributed by atoms with Crippen LogP contribution >= 0.6 is 15.9 Å². The lowest BCUT2D eigenvalue weighted by Crippen LogP contribution is -2.57. The summed E-state index contributed by atoms with van der Waals surface area (Å²) in [6.45, 7) is 5.77. The van der Waals surface area contributed by atoms with Crippen LogP contribution in [0.15, 0.2) is 22.8 Å². The van der Waals surface area contributed by atoms with E-state index in [1.54, 1.807) is 18.3 Å². The third-order valence-corrected chi connectivity index (χ3v) is 5.06. The Bertz CT molecular complexity index is 591. The quantitative estimate of drug-likeness (QED) is 0.760. The van der Waals surface area contributed by atoms with Gasteiger partial charge in [0.1, 0.15) is 5.82 Å². The molecule has 1 aliphatic carbocycles. The number of carboxylic acids is 1. The molecule has 7 heteroatoms. The maximum Gasteiger partial charge on any atom is 0.320 e. The van der Waals surface area contributed by atoms with Crippen molar-refractivity contribution in [2.24, 2.45) is 17.3 Å². The van der Waals surface area contributed by atoms with Gasteiger partial charge in [-0.2, -0.15) is 0 Å². The maximum absolute atomic E-state index is 12.0. The lowest BCUT2D eigenvalue weighted by molar-refractivity contribution is -0.160. The molecule has 1 heterocycles. The van der Waals surface area contributed by atoms with E-state index in [9.17, 15) is 9.59 Å². The van der Waals surface area contributed by atoms with Crippen molar-refractivity contribution >= 4 is 33.7 Å². The number of aliphatic carboxylic acids is 1. The SMILES string of the molecule is CC(NC(=O)Nc1cc(Br)ccn1)[C@@H]1C[C@H](C(=O)O)C1(C)C. The highest BCUT2D eigenvalue weighted by atomic mass is 79.9. The maximum atomic E-state index is 12.0. The van der Waals surface area contributed by atoms with Crippen LogP contribution in [0.4, 0.5) is 10.6 Å². The van der Waals surface area contributed by atoms with Crippen molar-refractivity contribution in [2.75, 3.05) is 5.32 Å². The van der Waals surface area contributed by atoms with Crippen LogP contribution in [0, 0.1) is 17.3 Å². The number of carboxylic acid groups (broad SMARTS) is 1. The first-order chi connectivity index (χ1) is 10.2. The number of carbonyl (C=O) groups is 2. The lowest BCUT2D eigenvalue weighted by atomic mass is 9.53. The third-order valence-electron chi connectivity index (χ3n) is 4.57. The van der Waals surface area contributed by atoms with Crippen molar-refractivity contribution in [3.8, 4) is 0 Å². The summed E-state index contributed by atoms with van der Waals surface area (Å²) in [6, 6.07) is 3.03. The van der Waals surface area contributed by atoms with Crippen molar-refractivity contribution in [3.63, 3.8) is 0 Å². The molecule has 1 aliphatic rings. The molecular weight excluding hydrogens is 350 g/mol. The predicted octanol–water partition coefficient (Wildman–Crippen LogP) is 3.10. The van der Waals surface area contributed by atoms with Gasteiger partial charge in [0.25, 0.3) is 0 Å². The first kappa shape index (κ1) is 16.7. The molecule has 3 N–H and O–H groups in total. The molecule has 1 aromatic rings. The minimum Gasteiger partial charge on any atom is -0.481 e. The molecule has 0 bridgehead atoms. The van der Waals surface area contributed by atoms with Gasteiger partial charge in [0.2, 0.25) is 0 Å². The largest absolute Gasteiger partial charge is 0.481 e. The van der Waals surface area contributed by atoms with Crippen molar-refractivity contribution < 1.29 is 14.7 Å². The van der Waals surface area contributed by atoms with Crippen LogP contribution < -0.4 is 10.6 Å². The van der Waals surface area contributed by atoms with Crippen LogP contribution in [0.2, 0.25) is 0 Å². The molecule has 0 radical (unpaired) electrons. The summed E-state index contributed by atoms with van der Waals surface area (Å²) in [7, 11) is 0. The number of urea groups is 1. The Morgan fingerprint density at radius 1 is 1.50 bits per heavy atom. The monoisotopic (exact) mass is 369 g/mol. The Balaban J connectivity index is 1.91. The first-order valence-corrected chi connectivity index (χ1v) is 7.93. The molecular formula is C15H20BrN3O3. The minimum atomic E-state index is -0.767. The summed E-state index contributed by atoms with van der Waals surface area (Å²) in [5, 5.41) is 14.7. The standard InChI is InChI=1S/C15H20BrN3O3/c1-8(10-7-11(13(20)21)15(10,2)3)18-14(22)19-12-6-9(16)4-5-17-12/h4-6,8,10-11H,7H2,1-3H3,(H,20,21)(H2,17,18,19,22)/t8?,10-,11+/m0/s1. The average Bonchev–Trinajstić information content (AvgIpc) is 2.36. The van der Waals surface area contributed by atoms with E-state index < -0.39 is 5.97 Å². The number of nitrogens with one attached hydrogen (secondary N) is 2. The lowest BCUT2D eigenvalue weighted by Gasteiger charge is -2.52. The number of anilines is 1. The molecule has 1 saturated carbocycles. The fourth-order valence-corrected chi connectivity index (χ4v) is 3.49. The number of hydrogen-bond donors (Lipinski definition) is 3. The summed E-state index contributed by atoms with van der Waals surface area (Å²) in [6.07, 6.45) is 2.18. The summed E-state index contributed by atoms with van der Waals surface area (Å²) in [5.41, 5.74) is -0.327. The van der Waals surface area contributed by atoms with E-state index >= 15 is 0 Å². The van der Waals surface area contributed by atoms with E-state index in [4.69, 9.17) is 5.11 Å². The van der Waals surface area contributed by atoms with Gasteiger partial charge in [-0.25, -0.2) is 9.78 Å². The normalized spacial score (nSPS) is 24.0. The van der Waals surface area contributed by atoms with Gasteiger partial charge in [-0.3, -0.25) is 10.1 Å². The van der Waals surface area contributed by atoms with Gasteiger partial charge in [-0.1, -0.05) is 29.8 Å². The van der Waals surface area contributed by atoms with Gasteiger partial charge in [0, 0.05) is 16.7 Å². The van der Waals surface area contributed by atoms with Gasteiger partial charge in [-0.15, -0.1) is 0 Å². The molecule has 22 heavy (non-hydrogen) atoms. The topological polar surface area (TPSA) is 91.3 Å². The molecule has 0 aromatic carbocycles. The highest BCUT2D eigenvalue weighted by molar-refractivity contribution is 9.10. The minimum absolute atomic E-state index is 0.113. The highest BCUT2D eigenvalue weighted by Gasteiger charge is 2.53. The second-order valence-electron chi connectivity index (χ2n) is 6.30. The van der Waals surface area contributed by atoms with E-state index in [0.29, 0.717) is 12.2 Å². The van der Waals surface area contributed by atoms with Crippen LogP contribution in [-0.2, 0) is 4.79 Å². The molecule has 6 nitrogen and oxygen atoms in total. The molecule has 0 spiro atoms. The van der Waals surface area contributed by atoms with Crippen molar-refractivity contribution in [1.29, 1.82) is 0 Å². The smallest absolute Gasteiger partial charge is 0.320 e. The molecule has 1 aromatic heterocycles. The number of aromatic nitrogens is 1. The van der Waals surface area contributed by atoms with Crippen LogP contribution in [0.1, 0.15) is 27.2 Å². The first-order valence-electron chi connectivity index (χ1n) is 7.13. The molecule has 1 fully saturated rings. The fourth-order valence-electron chi connectivity index (χ4n) is 3.16. The van der Waals surface area contributed by atoms with Crippen molar-refractivity contribution in [3.05, 3.63) is 22.8 Å². The van der Waals surface area contributed by atoms with Crippen LogP contribution in [-0.4, -0.2) is 28.1 Å². The van der Waals surface area contributed by atoms with E-state index in [-0.39, 0.29) is 29.3 Å². The number of amides is 2. The Morgan fingerprint density at radius 2 is 2.18 bits per heavy atom. The summed E-state index contributed by atoms with van der Waals surface area (Å²) >= 11 is 3.31. The molecule has 2 amide bonds. The van der Waals surface area contributed by atoms with Gasteiger partial charge in [0.05, 0.1) is 5.92 Å². The van der Waals surface area contributed by atoms with Crippen LogP contribution in [0.25, 0.3) is 0 Å². The molecule has 0 saturated heterocycles. The zero-order chi connectivity index (χ0) is 16.5. The number of rotatable bonds is 4. The second-order valence-corrected chi connectivity index (χ2v) is 7.22. The molecule has 120 valence electrons. The van der Waals surface area contributed by atoms with Crippen LogP contribution in [0.5, 0.6) is 0 Å². The Morgan fingerprint density at radius 3 is 2.73 bits per heavy atom. The zero-order valence-electron chi connectivity index (χ0n) is 12.8. The summed E-state index contributed by atoms with van der Waals surface area (Å²) < 4.78 is 0.829. The average molecular weight is 370 g/mol.